The molecule has 1 N–H and O–H groups in total. The van der Waals surface area contributed by atoms with Gasteiger partial charge in [-0.3, -0.25) is 9.59 Å². The lowest BCUT2D eigenvalue weighted by Gasteiger charge is -2.01. The molecule has 70 valence electrons. The van der Waals surface area contributed by atoms with Crippen LogP contribution in [-0.4, -0.2) is 21.1 Å². The number of rotatable bonds is 2. The van der Waals surface area contributed by atoms with Crippen molar-refractivity contribution in [3.8, 4) is 0 Å². The molecule has 0 aromatic heterocycles. The smallest absolute Gasteiger partial charge is 0.304 e. The highest BCUT2D eigenvalue weighted by Crippen LogP contribution is 2.36. The summed E-state index contributed by atoms with van der Waals surface area (Å²) in [5, 5.41) is 8.53. The van der Waals surface area contributed by atoms with Gasteiger partial charge >= 0.3 is 5.97 Å². The summed E-state index contributed by atoms with van der Waals surface area (Å²) in [6.45, 7) is 0. The molecular weight excluding hydrogens is 323 g/mol. The van der Waals surface area contributed by atoms with Crippen LogP contribution in [0, 0.1) is 5.92 Å². The average Bonchev–Trinajstić information content (AvgIpc) is 2.31. The number of Topliss-reactive ketones (excluding diaryl/α,β-unsaturated/α-hetero) is 1. The van der Waals surface area contributed by atoms with Crippen LogP contribution in [0.25, 0.3) is 0 Å². The van der Waals surface area contributed by atoms with E-state index < -0.39 is 11.9 Å². The molecule has 1 unspecified atom stereocenters. The van der Waals surface area contributed by atoms with Crippen LogP contribution in [0.2, 0.25) is 0 Å². The van der Waals surface area contributed by atoms with Crippen LogP contribution >= 0.6 is 46.6 Å². The number of hydrogen-bond acceptors (Lipinski definition) is 4. The van der Waals surface area contributed by atoms with Gasteiger partial charge in [0.25, 0.3) is 0 Å². The van der Waals surface area contributed by atoms with Crippen molar-refractivity contribution >= 4 is 62.5 Å². The largest absolute Gasteiger partial charge is 0.481 e. The molecule has 0 saturated carbocycles. The lowest BCUT2D eigenvalue weighted by Crippen LogP contribution is -2.17. The molecule has 1 aliphatic heterocycles. The second-order valence-electron chi connectivity index (χ2n) is 2.41. The first kappa shape index (κ1) is 11.1. The minimum atomic E-state index is -0.990. The number of carbonyl (C=O) groups is 2. The SMILES string of the molecule is O=C(O)CC1C(=O)/C(=C\I)SC1=S. The van der Waals surface area contributed by atoms with Crippen molar-refractivity contribution in [2.75, 3.05) is 0 Å². The van der Waals surface area contributed by atoms with Gasteiger partial charge < -0.3 is 5.11 Å². The number of aliphatic carboxylic acids is 1. The molecule has 3 nitrogen and oxygen atoms in total. The Balaban J connectivity index is 2.82. The van der Waals surface area contributed by atoms with Crippen molar-refractivity contribution in [3.63, 3.8) is 0 Å². The van der Waals surface area contributed by atoms with E-state index in [-0.39, 0.29) is 12.2 Å². The molecule has 0 aliphatic carbocycles. The van der Waals surface area contributed by atoms with Gasteiger partial charge in [-0.2, -0.15) is 0 Å². The first-order valence-corrected chi connectivity index (χ1v) is 5.81. The van der Waals surface area contributed by atoms with Gasteiger partial charge in [0.1, 0.15) is 0 Å². The van der Waals surface area contributed by atoms with E-state index in [9.17, 15) is 9.59 Å². The number of hydrogen-bond donors (Lipinski definition) is 1. The minimum Gasteiger partial charge on any atom is -0.481 e. The summed E-state index contributed by atoms with van der Waals surface area (Å²) in [5.74, 6) is -1.76. The molecule has 0 radical (unpaired) electrons. The lowest BCUT2D eigenvalue weighted by atomic mass is 10.0. The Kier molecular flexibility index (Phi) is 3.87. The zero-order valence-corrected chi connectivity index (χ0v) is 10.1. The van der Waals surface area contributed by atoms with Crippen LogP contribution in [0.1, 0.15) is 6.42 Å². The quantitative estimate of drug-likeness (QED) is 0.477. The Labute approximate surface area is 98.1 Å². The highest BCUT2D eigenvalue weighted by Gasteiger charge is 2.36. The van der Waals surface area contributed by atoms with Crippen LogP contribution in [-0.2, 0) is 9.59 Å². The second kappa shape index (κ2) is 4.52. The molecule has 0 amide bonds. The van der Waals surface area contributed by atoms with E-state index in [1.807, 2.05) is 22.6 Å². The number of thiocarbonyl (C=S) groups is 1. The third kappa shape index (κ3) is 2.50. The number of carboxylic acids is 1. The molecule has 0 aromatic rings. The van der Waals surface area contributed by atoms with Gasteiger partial charge in [-0.15, -0.1) is 0 Å². The van der Waals surface area contributed by atoms with E-state index in [0.29, 0.717) is 9.10 Å². The fraction of sp³-hybridized carbons (Fsp3) is 0.286. The number of halogens is 1. The molecule has 1 heterocycles. The number of ketones is 1. The molecule has 1 saturated heterocycles. The van der Waals surface area contributed by atoms with Crippen molar-refractivity contribution in [3.05, 3.63) is 8.99 Å². The maximum atomic E-state index is 11.4. The van der Waals surface area contributed by atoms with Gasteiger partial charge in [-0.05, 0) is 4.08 Å². The predicted octanol–water partition coefficient (Wildman–Crippen LogP) is 2.00. The molecule has 0 aromatic carbocycles. The van der Waals surface area contributed by atoms with Gasteiger partial charge in [-0.25, -0.2) is 0 Å². The predicted molar refractivity (Wildman–Crippen MR) is 63.0 cm³/mol. The summed E-state index contributed by atoms with van der Waals surface area (Å²) in [4.78, 5) is 22.4. The van der Waals surface area contributed by atoms with Gasteiger partial charge in [0.15, 0.2) is 5.78 Å². The second-order valence-corrected chi connectivity index (χ2v) is 4.81. The zero-order valence-electron chi connectivity index (χ0n) is 6.32. The molecule has 0 bridgehead atoms. The van der Waals surface area contributed by atoms with Crippen LogP contribution in [0.3, 0.4) is 0 Å². The molecule has 6 heteroatoms. The normalized spacial score (nSPS) is 25.6. The lowest BCUT2D eigenvalue weighted by molar-refractivity contribution is -0.139. The maximum absolute atomic E-state index is 11.4. The highest BCUT2D eigenvalue weighted by molar-refractivity contribution is 14.1. The zero-order chi connectivity index (χ0) is 10.0. The number of thioether (sulfide) groups is 1. The fourth-order valence-electron chi connectivity index (χ4n) is 0.935. The van der Waals surface area contributed by atoms with E-state index in [2.05, 4.69) is 0 Å². The summed E-state index contributed by atoms with van der Waals surface area (Å²) < 4.78 is 2.11. The van der Waals surface area contributed by atoms with E-state index in [1.165, 1.54) is 11.8 Å². The van der Waals surface area contributed by atoms with Crippen molar-refractivity contribution in [1.29, 1.82) is 0 Å². The highest BCUT2D eigenvalue weighted by atomic mass is 127. The van der Waals surface area contributed by atoms with Gasteiger partial charge in [0.05, 0.1) is 21.4 Å². The fourth-order valence-corrected chi connectivity index (χ4v) is 2.92. The summed E-state index contributed by atoms with van der Waals surface area (Å²) in [6, 6.07) is 0. The monoisotopic (exact) mass is 328 g/mol. The van der Waals surface area contributed by atoms with E-state index in [1.54, 1.807) is 4.08 Å². The first-order chi connectivity index (χ1) is 6.06. The summed E-state index contributed by atoms with van der Waals surface area (Å²) in [6.07, 6.45) is -0.196. The Morgan fingerprint density at radius 2 is 2.38 bits per heavy atom. The average molecular weight is 328 g/mol. The Morgan fingerprint density at radius 3 is 2.77 bits per heavy atom. The molecule has 1 fully saturated rings. The number of carbonyl (C=O) groups excluding carboxylic acids is 1. The molecule has 1 aliphatic rings. The van der Waals surface area contributed by atoms with Gasteiger partial charge in [0, 0.05) is 0 Å². The first-order valence-electron chi connectivity index (χ1n) is 3.34. The molecular formula is C7H5IO3S2. The van der Waals surface area contributed by atoms with Crippen molar-refractivity contribution < 1.29 is 14.7 Å². The third-order valence-corrected chi connectivity index (χ3v) is 4.14. The van der Waals surface area contributed by atoms with Crippen molar-refractivity contribution in [2.24, 2.45) is 5.92 Å². The summed E-state index contributed by atoms with van der Waals surface area (Å²) >= 11 is 8.06. The summed E-state index contributed by atoms with van der Waals surface area (Å²) in [7, 11) is 0. The van der Waals surface area contributed by atoms with Crippen LogP contribution in [0.15, 0.2) is 8.99 Å². The van der Waals surface area contributed by atoms with Crippen molar-refractivity contribution in [1.82, 2.24) is 0 Å². The van der Waals surface area contributed by atoms with E-state index in [4.69, 9.17) is 17.3 Å². The van der Waals surface area contributed by atoms with Crippen LogP contribution in [0.5, 0.6) is 0 Å². The topological polar surface area (TPSA) is 54.4 Å². The maximum Gasteiger partial charge on any atom is 0.304 e. The van der Waals surface area contributed by atoms with Crippen molar-refractivity contribution in [2.45, 2.75) is 6.42 Å². The third-order valence-electron chi connectivity index (χ3n) is 1.53. The summed E-state index contributed by atoms with van der Waals surface area (Å²) in [5.41, 5.74) is 0. The standard InChI is InChI=1S/C7H5IO3S2/c8-2-4-6(11)3(1-5(9)10)7(12)13-4/h2-3H,1H2,(H,9,10)/b4-2+. The Bertz CT molecular complexity index is 311. The number of carboxylic acid groups (broad SMARTS) is 1. The van der Waals surface area contributed by atoms with Gasteiger partial charge in [0.2, 0.25) is 0 Å². The Hall–Kier alpha value is 0.0500. The van der Waals surface area contributed by atoms with Gasteiger partial charge in [-0.1, -0.05) is 46.6 Å². The molecule has 1 atom stereocenters. The molecule has 0 spiro atoms. The van der Waals surface area contributed by atoms with E-state index >= 15 is 0 Å². The molecule has 13 heavy (non-hydrogen) atoms. The number of allylic oxidation sites excluding steroid dienone is 1. The molecule has 1 rings (SSSR count). The van der Waals surface area contributed by atoms with Crippen LogP contribution in [0.4, 0.5) is 0 Å². The van der Waals surface area contributed by atoms with E-state index in [0.717, 1.165) is 0 Å². The minimum absolute atomic E-state index is 0.160. The Morgan fingerprint density at radius 1 is 1.77 bits per heavy atom. The van der Waals surface area contributed by atoms with Crippen LogP contribution < -0.4 is 0 Å².